The van der Waals surface area contributed by atoms with Crippen LogP contribution in [0.3, 0.4) is 0 Å². The number of aromatic hydroxyl groups is 2. The Kier molecular flexibility index (Phi) is 5.85. The van der Waals surface area contributed by atoms with Crippen LogP contribution in [-0.2, 0) is 4.74 Å². The van der Waals surface area contributed by atoms with Gasteiger partial charge in [-0.25, -0.2) is 0 Å². The van der Waals surface area contributed by atoms with E-state index in [2.05, 4.69) is 0 Å². The minimum Gasteiger partial charge on any atom is -0.508 e. The van der Waals surface area contributed by atoms with Gasteiger partial charge in [-0.2, -0.15) is 0 Å². The van der Waals surface area contributed by atoms with E-state index in [4.69, 9.17) is 4.74 Å². The molecule has 0 radical (unpaired) electrons. The molecule has 2 rings (SSSR count). The van der Waals surface area contributed by atoms with Crippen LogP contribution >= 0.6 is 23.5 Å². The molecule has 112 valence electrons. The van der Waals surface area contributed by atoms with Crippen LogP contribution in [0.25, 0.3) is 0 Å². The van der Waals surface area contributed by atoms with Crippen LogP contribution in [0.4, 0.5) is 0 Å². The molecular formula is C16H18O3S2. The van der Waals surface area contributed by atoms with Gasteiger partial charge in [0.2, 0.25) is 0 Å². The highest BCUT2D eigenvalue weighted by Gasteiger charge is 2.11. The third-order valence-electron chi connectivity index (χ3n) is 2.66. The summed E-state index contributed by atoms with van der Waals surface area (Å²) in [7, 11) is 0. The van der Waals surface area contributed by atoms with Crippen molar-refractivity contribution in [1.82, 2.24) is 0 Å². The first-order valence-electron chi connectivity index (χ1n) is 6.60. The lowest BCUT2D eigenvalue weighted by atomic mass is 10.3. The van der Waals surface area contributed by atoms with Gasteiger partial charge >= 0.3 is 0 Å². The van der Waals surface area contributed by atoms with Gasteiger partial charge in [0.15, 0.2) is 0 Å². The molecule has 3 nitrogen and oxygen atoms in total. The predicted octanol–water partition coefficient (Wildman–Crippen LogP) is 4.69. The van der Waals surface area contributed by atoms with E-state index in [0.717, 1.165) is 9.79 Å². The minimum absolute atomic E-state index is 0.00848. The summed E-state index contributed by atoms with van der Waals surface area (Å²) in [6.45, 7) is 4.01. The highest BCUT2D eigenvalue weighted by molar-refractivity contribution is 8.00. The Bertz CT molecular complexity index is 503. The standard InChI is InChI=1S/C16H18O3S2/c1-11(20-15-7-3-13(17)4-8-15)19-12(2)21-16-9-5-14(18)6-10-16/h3-12,17-18H,1-2H3. The van der Waals surface area contributed by atoms with Crippen LogP contribution in [0, 0.1) is 0 Å². The van der Waals surface area contributed by atoms with Crippen LogP contribution in [-0.4, -0.2) is 21.1 Å². The topological polar surface area (TPSA) is 49.7 Å². The zero-order valence-corrected chi connectivity index (χ0v) is 13.5. The number of phenols is 2. The average Bonchev–Trinajstić information content (AvgIpc) is 2.44. The summed E-state index contributed by atoms with van der Waals surface area (Å²) in [4.78, 5) is 2.12. The molecule has 2 unspecified atom stereocenters. The predicted molar refractivity (Wildman–Crippen MR) is 87.9 cm³/mol. The van der Waals surface area contributed by atoms with E-state index < -0.39 is 0 Å². The maximum Gasteiger partial charge on any atom is 0.115 e. The van der Waals surface area contributed by atoms with Crippen LogP contribution in [0.1, 0.15) is 13.8 Å². The van der Waals surface area contributed by atoms with Crippen molar-refractivity contribution in [1.29, 1.82) is 0 Å². The lowest BCUT2D eigenvalue weighted by Crippen LogP contribution is -2.10. The van der Waals surface area contributed by atoms with Crippen molar-refractivity contribution in [2.45, 2.75) is 34.5 Å². The van der Waals surface area contributed by atoms with E-state index in [0.29, 0.717) is 0 Å². The van der Waals surface area contributed by atoms with Gasteiger partial charge in [-0.1, -0.05) is 23.5 Å². The van der Waals surface area contributed by atoms with Crippen molar-refractivity contribution in [3.05, 3.63) is 48.5 Å². The Hall–Kier alpha value is -1.30. The molecule has 2 N–H and O–H groups in total. The zero-order valence-electron chi connectivity index (χ0n) is 11.9. The van der Waals surface area contributed by atoms with Gasteiger partial charge in [0.25, 0.3) is 0 Å². The van der Waals surface area contributed by atoms with Crippen molar-refractivity contribution >= 4 is 23.5 Å². The summed E-state index contributed by atoms with van der Waals surface area (Å²) < 4.78 is 5.92. The Morgan fingerprint density at radius 3 is 1.38 bits per heavy atom. The maximum atomic E-state index is 9.26. The van der Waals surface area contributed by atoms with Crippen molar-refractivity contribution in [2.75, 3.05) is 0 Å². The molecule has 2 aromatic carbocycles. The Morgan fingerprint density at radius 1 is 0.714 bits per heavy atom. The van der Waals surface area contributed by atoms with E-state index in [1.54, 1.807) is 47.8 Å². The van der Waals surface area contributed by atoms with Crippen molar-refractivity contribution in [3.8, 4) is 11.5 Å². The SMILES string of the molecule is CC(OC(C)Sc1ccc(O)cc1)Sc1ccc(O)cc1. The van der Waals surface area contributed by atoms with Crippen molar-refractivity contribution in [3.63, 3.8) is 0 Å². The molecule has 0 saturated carbocycles. The number of hydrogen-bond donors (Lipinski definition) is 2. The summed E-state index contributed by atoms with van der Waals surface area (Å²) in [6.07, 6.45) is 0. The molecule has 5 heteroatoms. The van der Waals surface area contributed by atoms with Crippen molar-refractivity contribution in [2.24, 2.45) is 0 Å². The number of rotatable bonds is 6. The Labute approximate surface area is 133 Å². The van der Waals surface area contributed by atoms with E-state index in [-0.39, 0.29) is 22.4 Å². The molecule has 0 aliphatic rings. The number of phenolic OH excluding ortho intramolecular Hbond substituents is 2. The third-order valence-corrected chi connectivity index (χ3v) is 4.64. The van der Waals surface area contributed by atoms with Gasteiger partial charge < -0.3 is 14.9 Å². The summed E-state index contributed by atoms with van der Waals surface area (Å²) in [6, 6.07) is 14.2. The smallest absolute Gasteiger partial charge is 0.115 e. The molecule has 0 aliphatic carbocycles. The van der Waals surface area contributed by atoms with E-state index in [1.807, 2.05) is 38.1 Å². The van der Waals surface area contributed by atoms with Crippen LogP contribution in [0.15, 0.2) is 58.3 Å². The first-order chi connectivity index (χ1) is 10.0. The van der Waals surface area contributed by atoms with Gasteiger partial charge in [-0.3, -0.25) is 0 Å². The molecule has 2 aromatic rings. The second-order valence-electron chi connectivity index (χ2n) is 4.49. The monoisotopic (exact) mass is 322 g/mol. The quantitative estimate of drug-likeness (QED) is 0.597. The van der Waals surface area contributed by atoms with Crippen LogP contribution in [0.5, 0.6) is 11.5 Å². The zero-order chi connectivity index (χ0) is 15.2. The normalized spacial score (nSPS) is 13.8. The third kappa shape index (κ3) is 5.53. The summed E-state index contributed by atoms with van der Waals surface area (Å²) in [5, 5.41) is 18.5. The molecule has 0 amide bonds. The molecule has 0 heterocycles. The van der Waals surface area contributed by atoms with Gasteiger partial charge in [-0.15, -0.1) is 0 Å². The molecule has 0 aliphatic heterocycles. The van der Waals surface area contributed by atoms with E-state index >= 15 is 0 Å². The van der Waals surface area contributed by atoms with Gasteiger partial charge in [0.1, 0.15) is 22.4 Å². The van der Waals surface area contributed by atoms with Crippen LogP contribution < -0.4 is 0 Å². The largest absolute Gasteiger partial charge is 0.508 e. The molecular weight excluding hydrogens is 304 g/mol. The summed E-state index contributed by atoms with van der Waals surface area (Å²) >= 11 is 3.21. The first-order valence-corrected chi connectivity index (χ1v) is 8.36. The van der Waals surface area contributed by atoms with Gasteiger partial charge in [0.05, 0.1) is 0 Å². The molecule has 21 heavy (non-hydrogen) atoms. The average molecular weight is 322 g/mol. The lowest BCUT2D eigenvalue weighted by molar-refractivity contribution is 0.114. The highest BCUT2D eigenvalue weighted by atomic mass is 32.2. The van der Waals surface area contributed by atoms with Crippen molar-refractivity contribution < 1.29 is 14.9 Å². The molecule has 2 atom stereocenters. The number of thioether (sulfide) groups is 2. The summed E-state index contributed by atoms with van der Waals surface area (Å²) in [5.74, 6) is 0.536. The van der Waals surface area contributed by atoms with E-state index in [1.165, 1.54) is 0 Å². The first kappa shape index (κ1) is 16.1. The highest BCUT2D eigenvalue weighted by Crippen LogP contribution is 2.31. The minimum atomic E-state index is 0.00848. The maximum absolute atomic E-state index is 9.26. The fourth-order valence-corrected chi connectivity index (χ4v) is 3.63. The second-order valence-corrected chi connectivity index (χ2v) is 7.24. The molecule has 0 bridgehead atoms. The van der Waals surface area contributed by atoms with E-state index in [9.17, 15) is 10.2 Å². The molecule has 0 fully saturated rings. The second kappa shape index (κ2) is 7.64. The number of benzene rings is 2. The lowest BCUT2D eigenvalue weighted by Gasteiger charge is -2.18. The fraction of sp³-hybridized carbons (Fsp3) is 0.250. The fourth-order valence-electron chi connectivity index (χ4n) is 1.76. The van der Waals surface area contributed by atoms with Crippen LogP contribution in [0.2, 0.25) is 0 Å². The number of hydrogen-bond acceptors (Lipinski definition) is 5. The summed E-state index contributed by atoms with van der Waals surface area (Å²) in [5.41, 5.74) is 0.0170. The molecule has 0 saturated heterocycles. The van der Waals surface area contributed by atoms with Gasteiger partial charge in [-0.05, 0) is 62.4 Å². The number of ether oxygens (including phenoxy) is 1. The Morgan fingerprint density at radius 2 is 1.05 bits per heavy atom. The molecule has 0 aromatic heterocycles. The molecule has 0 spiro atoms. The Balaban J connectivity index is 1.82. The van der Waals surface area contributed by atoms with Gasteiger partial charge in [0, 0.05) is 9.79 Å².